The minimum atomic E-state index is 0.164. The van der Waals surface area contributed by atoms with Crippen LogP contribution in [0.15, 0.2) is 24.3 Å². The standard InChI is InChI=1S/C11H14N2O/c1-8(14)13-6-10(7-13)9-2-4-11(12)5-3-9/h2-5,10H,6-7,12H2,1H3. The number of hydrogen-bond donors (Lipinski definition) is 1. The van der Waals surface area contributed by atoms with E-state index < -0.39 is 0 Å². The molecule has 0 aromatic heterocycles. The van der Waals surface area contributed by atoms with E-state index in [9.17, 15) is 4.79 Å². The lowest BCUT2D eigenvalue weighted by Crippen LogP contribution is -2.47. The lowest BCUT2D eigenvalue weighted by Gasteiger charge is -2.39. The number of carbonyl (C=O) groups is 1. The third-order valence-corrected chi connectivity index (χ3v) is 2.73. The number of amides is 1. The van der Waals surface area contributed by atoms with Gasteiger partial charge in [0.1, 0.15) is 0 Å². The van der Waals surface area contributed by atoms with Gasteiger partial charge in [0, 0.05) is 31.6 Å². The molecule has 0 atom stereocenters. The Morgan fingerprint density at radius 3 is 2.43 bits per heavy atom. The molecule has 1 aromatic rings. The first-order valence-corrected chi connectivity index (χ1v) is 4.78. The highest BCUT2D eigenvalue weighted by atomic mass is 16.2. The van der Waals surface area contributed by atoms with Gasteiger partial charge in [0.15, 0.2) is 0 Å². The fourth-order valence-corrected chi connectivity index (χ4v) is 1.71. The summed E-state index contributed by atoms with van der Waals surface area (Å²) in [6.45, 7) is 3.30. The molecule has 0 radical (unpaired) electrons. The summed E-state index contributed by atoms with van der Waals surface area (Å²) in [6, 6.07) is 7.90. The summed E-state index contributed by atoms with van der Waals surface area (Å²) in [5, 5.41) is 0. The zero-order valence-corrected chi connectivity index (χ0v) is 8.23. The van der Waals surface area contributed by atoms with E-state index in [0.717, 1.165) is 18.8 Å². The lowest BCUT2D eigenvalue weighted by atomic mass is 9.91. The van der Waals surface area contributed by atoms with Gasteiger partial charge in [0.25, 0.3) is 0 Å². The van der Waals surface area contributed by atoms with Crippen LogP contribution in [0.1, 0.15) is 18.4 Å². The highest BCUT2D eigenvalue weighted by molar-refractivity contribution is 5.74. The van der Waals surface area contributed by atoms with Crippen molar-refractivity contribution in [1.29, 1.82) is 0 Å². The Morgan fingerprint density at radius 2 is 1.93 bits per heavy atom. The molecule has 0 aliphatic carbocycles. The van der Waals surface area contributed by atoms with Gasteiger partial charge in [-0.2, -0.15) is 0 Å². The predicted molar refractivity (Wildman–Crippen MR) is 55.8 cm³/mol. The van der Waals surface area contributed by atoms with Gasteiger partial charge in [0.05, 0.1) is 0 Å². The molecule has 0 bridgehead atoms. The van der Waals surface area contributed by atoms with Crippen LogP contribution in [0.25, 0.3) is 0 Å². The molecule has 3 nitrogen and oxygen atoms in total. The number of anilines is 1. The van der Waals surface area contributed by atoms with Gasteiger partial charge in [-0.25, -0.2) is 0 Å². The van der Waals surface area contributed by atoms with Crippen LogP contribution in [0.5, 0.6) is 0 Å². The molecule has 1 saturated heterocycles. The summed E-state index contributed by atoms with van der Waals surface area (Å²) in [4.78, 5) is 12.8. The van der Waals surface area contributed by atoms with Gasteiger partial charge < -0.3 is 10.6 Å². The van der Waals surface area contributed by atoms with Crippen LogP contribution in [0.3, 0.4) is 0 Å². The summed E-state index contributed by atoms with van der Waals surface area (Å²) in [5.74, 6) is 0.663. The van der Waals surface area contributed by atoms with Crippen molar-refractivity contribution in [2.45, 2.75) is 12.8 Å². The maximum atomic E-state index is 11.0. The number of rotatable bonds is 1. The second-order valence-corrected chi connectivity index (χ2v) is 3.79. The van der Waals surface area contributed by atoms with Crippen LogP contribution in [0, 0.1) is 0 Å². The minimum Gasteiger partial charge on any atom is -0.399 e. The Kier molecular flexibility index (Phi) is 2.15. The van der Waals surface area contributed by atoms with Crippen LogP contribution in [-0.2, 0) is 4.79 Å². The van der Waals surface area contributed by atoms with Crippen molar-refractivity contribution in [2.75, 3.05) is 18.8 Å². The summed E-state index contributed by atoms with van der Waals surface area (Å²) in [6.07, 6.45) is 0. The Morgan fingerprint density at radius 1 is 1.36 bits per heavy atom. The molecule has 2 N–H and O–H groups in total. The quantitative estimate of drug-likeness (QED) is 0.677. The molecule has 1 aliphatic rings. The summed E-state index contributed by atoms with van der Waals surface area (Å²) >= 11 is 0. The topological polar surface area (TPSA) is 46.3 Å². The molecule has 1 heterocycles. The van der Waals surface area contributed by atoms with Crippen LogP contribution >= 0.6 is 0 Å². The first kappa shape index (κ1) is 9.06. The van der Waals surface area contributed by atoms with Crippen LogP contribution < -0.4 is 5.73 Å². The molecule has 0 spiro atoms. The SMILES string of the molecule is CC(=O)N1CC(c2ccc(N)cc2)C1. The molecule has 0 unspecified atom stereocenters. The first-order valence-electron chi connectivity index (χ1n) is 4.78. The van der Waals surface area contributed by atoms with Gasteiger partial charge in [-0.1, -0.05) is 12.1 Å². The highest BCUT2D eigenvalue weighted by Crippen LogP contribution is 2.27. The molecule has 1 aromatic carbocycles. The van der Waals surface area contributed by atoms with E-state index >= 15 is 0 Å². The van der Waals surface area contributed by atoms with E-state index in [4.69, 9.17) is 5.73 Å². The van der Waals surface area contributed by atoms with E-state index in [1.807, 2.05) is 29.2 Å². The number of nitrogens with two attached hydrogens (primary N) is 1. The second-order valence-electron chi connectivity index (χ2n) is 3.79. The van der Waals surface area contributed by atoms with Crippen molar-refractivity contribution in [3.8, 4) is 0 Å². The third kappa shape index (κ3) is 1.58. The Bertz CT molecular complexity index is 339. The second kappa shape index (κ2) is 3.33. The molecule has 74 valence electrons. The lowest BCUT2D eigenvalue weighted by molar-refractivity contribution is -0.133. The molecule has 14 heavy (non-hydrogen) atoms. The van der Waals surface area contributed by atoms with Gasteiger partial charge in [-0.05, 0) is 17.7 Å². The molecule has 1 amide bonds. The van der Waals surface area contributed by atoms with Gasteiger partial charge in [-0.15, -0.1) is 0 Å². The zero-order valence-electron chi connectivity index (χ0n) is 8.23. The summed E-state index contributed by atoms with van der Waals surface area (Å²) < 4.78 is 0. The molecule has 1 aliphatic heterocycles. The number of likely N-dealkylation sites (tertiary alicyclic amines) is 1. The normalized spacial score (nSPS) is 16.5. The van der Waals surface area contributed by atoms with Crippen LogP contribution in [-0.4, -0.2) is 23.9 Å². The van der Waals surface area contributed by atoms with E-state index in [2.05, 4.69) is 0 Å². The van der Waals surface area contributed by atoms with Crippen molar-refractivity contribution in [1.82, 2.24) is 4.90 Å². The van der Waals surface area contributed by atoms with Gasteiger partial charge in [-0.3, -0.25) is 4.79 Å². The van der Waals surface area contributed by atoms with E-state index in [0.29, 0.717) is 5.92 Å². The van der Waals surface area contributed by atoms with Crippen molar-refractivity contribution < 1.29 is 4.79 Å². The first-order chi connectivity index (χ1) is 6.66. The Labute approximate surface area is 83.5 Å². The highest BCUT2D eigenvalue weighted by Gasteiger charge is 2.29. The molecule has 3 heteroatoms. The number of nitrogens with zero attached hydrogens (tertiary/aromatic N) is 1. The van der Waals surface area contributed by atoms with Crippen LogP contribution in [0.4, 0.5) is 5.69 Å². The predicted octanol–water partition coefficient (Wildman–Crippen LogP) is 1.21. The Hall–Kier alpha value is -1.51. The molecular weight excluding hydrogens is 176 g/mol. The number of benzene rings is 1. The van der Waals surface area contributed by atoms with Crippen molar-refractivity contribution in [2.24, 2.45) is 0 Å². The van der Waals surface area contributed by atoms with Gasteiger partial charge in [0.2, 0.25) is 5.91 Å². The van der Waals surface area contributed by atoms with Crippen molar-refractivity contribution >= 4 is 11.6 Å². The van der Waals surface area contributed by atoms with Crippen LogP contribution in [0.2, 0.25) is 0 Å². The minimum absolute atomic E-state index is 0.164. The third-order valence-electron chi connectivity index (χ3n) is 2.73. The van der Waals surface area contributed by atoms with Crippen molar-refractivity contribution in [3.05, 3.63) is 29.8 Å². The smallest absolute Gasteiger partial charge is 0.219 e. The average Bonchev–Trinajstić information content (AvgIpc) is 2.05. The number of carbonyl (C=O) groups excluding carboxylic acids is 1. The molecule has 2 rings (SSSR count). The fourth-order valence-electron chi connectivity index (χ4n) is 1.71. The molecule has 1 fully saturated rings. The molecular formula is C11H14N2O. The van der Waals surface area contributed by atoms with E-state index in [1.165, 1.54) is 5.56 Å². The van der Waals surface area contributed by atoms with E-state index in [1.54, 1.807) is 6.92 Å². The fraction of sp³-hybridized carbons (Fsp3) is 0.364. The zero-order chi connectivity index (χ0) is 10.1. The monoisotopic (exact) mass is 190 g/mol. The Balaban J connectivity index is 2.00. The maximum absolute atomic E-state index is 11.0. The van der Waals surface area contributed by atoms with E-state index in [-0.39, 0.29) is 5.91 Å². The van der Waals surface area contributed by atoms with Gasteiger partial charge >= 0.3 is 0 Å². The van der Waals surface area contributed by atoms with Crippen molar-refractivity contribution in [3.63, 3.8) is 0 Å². The summed E-state index contributed by atoms with van der Waals surface area (Å²) in [5.41, 5.74) is 7.66. The maximum Gasteiger partial charge on any atom is 0.219 e. The molecule has 0 saturated carbocycles. The average molecular weight is 190 g/mol. The number of nitrogen functional groups attached to an aromatic ring is 1. The number of hydrogen-bond acceptors (Lipinski definition) is 2. The largest absolute Gasteiger partial charge is 0.399 e. The summed E-state index contributed by atoms with van der Waals surface area (Å²) in [7, 11) is 0.